The first-order valence-corrected chi connectivity index (χ1v) is 8.12. The highest BCUT2D eigenvalue weighted by atomic mass is 35.5. The van der Waals surface area contributed by atoms with Crippen molar-refractivity contribution >= 4 is 29.1 Å². The molecule has 0 spiro atoms. The van der Waals surface area contributed by atoms with E-state index in [1.807, 2.05) is 0 Å². The maximum atomic E-state index is 13.1. The van der Waals surface area contributed by atoms with Crippen molar-refractivity contribution in [3.8, 4) is 11.4 Å². The van der Waals surface area contributed by atoms with Gasteiger partial charge in [0.2, 0.25) is 11.6 Å². The van der Waals surface area contributed by atoms with Crippen molar-refractivity contribution in [3.05, 3.63) is 52.2 Å². The van der Waals surface area contributed by atoms with E-state index in [9.17, 15) is 18.8 Å². The average Bonchev–Trinajstić information content (AvgIpc) is 3.24. The average molecular weight is 376 g/mol. The highest BCUT2D eigenvalue weighted by Crippen LogP contribution is 2.29. The van der Waals surface area contributed by atoms with E-state index in [2.05, 4.69) is 15.3 Å². The van der Waals surface area contributed by atoms with Crippen LogP contribution in [0.15, 0.2) is 35.0 Å². The van der Waals surface area contributed by atoms with Gasteiger partial charge in [0, 0.05) is 12.0 Å². The molecule has 2 aromatic rings. The fourth-order valence-corrected chi connectivity index (χ4v) is 3.05. The molecule has 1 aliphatic heterocycles. The van der Waals surface area contributed by atoms with Gasteiger partial charge in [-0.1, -0.05) is 11.6 Å². The number of aromatic amines is 1. The lowest BCUT2D eigenvalue weighted by Crippen LogP contribution is -2.38. The Balaban J connectivity index is 1.70. The number of hydrogen-bond acceptors (Lipinski definition) is 6. The van der Waals surface area contributed by atoms with E-state index in [0.717, 1.165) is 0 Å². The number of ketones is 2. The van der Waals surface area contributed by atoms with Crippen molar-refractivity contribution in [1.82, 2.24) is 15.3 Å². The number of carbonyl (C=O) groups excluding carboxylic acids is 3. The Kier molecular flexibility index (Phi) is 3.84. The predicted molar refractivity (Wildman–Crippen MR) is 88.0 cm³/mol. The molecule has 2 N–H and O–H groups in total. The van der Waals surface area contributed by atoms with Crippen LogP contribution in [0, 0.1) is 5.82 Å². The minimum Gasteiger partial charge on any atom is -0.464 e. The summed E-state index contributed by atoms with van der Waals surface area (Å²) in [6, 6.07) is 4.68. The molecule has 7 nitrogen and oxygen atoms in total. The highest BCUT2D eigenvalue weighted by molar-refractivity contribution is 6.49. The molecule has 0 bridgehead atoms. The molecule has 132 valence electrons. The molecule has 9 heteroatoms. The Labute approximate surface area is 151 Å². The molecule has 1 aromatic heterocycles. The van der Waals surface area contributed by atoms with Gasteiger partial charge in [-0.15, -0.1) is 0 Å². The normalized spacial score (nSPS) is 19.6. The van der Waals surface area contributed by atoms with Gasteiger partial charge in [0.05, 0.1) is 6.61 Å². The van der Waals surface area contributed by atoms with Crippen molar-refractivity contribution in [3.63, 3.8) is 0 Å². The first kappa shape index (κ1) is 16.5. The second-order valence-corrected chi connectivity index (χ2v) is 6.19. The van der Waals surface area contributed by atoms with Crippen molar-refractivity contribution in [2.45, 2.75) is 12.5 Å². The number of benzene rings is 1. The zero-order valence-corrected chi connectivity index (χ0v) is 13.9. The number of Topliss-reactive ketones (excluding diaryl/α,β-unsaturated/α-hetero) is 2. The molecular weight excluding hydrogens is 365 g/mol. The number of nitrogens with one attached hydrogen (secondary N) is 2. The fourth-order valence-electron chi connectivity index (χ4n) is 2.82. The maximum Gasteiger partial charge on any atom is 0.328 e. The summed E-state index contributed by atoms with van der Waals surface area (Å²) in [6.07, 6.45) is 0.363. The van der Waals surface area contributed by atoms with Crippen LogP contribution in [-0.2, 0) is 9.53 Å². The summed E-state index contributed by atoms with van der Waals surface area (Å²) in [4.78, 5) is 43.7. The van der Waals surface area contributed by atoms with Gasteiger partial charge >= 0.3 is 5.97 Å². The minimum atomic E-state index is -0.743. The fraction of sp³-hybridized carbons (Fsp3) is 0.176. The first-order valence-electron chi connectivity index (χ1n) is 7.74. The number of aromatic nitrogens is 2. The molecule has 26 heavy (non-hydrogen) atoms. The summed E-state index contributed by atoms with van der Waals surface area (Å²) in [7, 11) is 0. The monoisotopic (exact) mass is 375 g/mol. The van der Waals surface area contributed by atoms with Crippen molar-refractivity contribution in [1.29, 1.82) is 0 Å². The number of allylic oxidation sites excluding steroid dienone is 2. The van der Waals surface area contributed by atoms with Gasteiger partial charge in [0.1, 0.15) is 39.8 Å². The molecule has 0 amide bonds. The van der Waals surface area contributed by atoms with Crippen LogP contribution in [0.5, 0.6) is 0 Å². The maximum absolute atomic E-state index is 13.1. The van der Waals surface area contributed by atoms with Crippen LogP contribution in [0.4, 0.5) is 4.39 Å². The van der Waals surface area contributed by atoms with Gasteiger partial charge in [-0.25, -0.2) is 14.2 Å². The Bertz CT molecular complexity index is 980. The second kappa shape index (κ2) is 6.06. The molecule has 0 saturated carbocycles. The van der Waals surface area contributed by atoms with Crippen LogP contribution < -0.4 is 5.32 Å². The number of ether oxygens (including phenoxy) is 1. The van der Waals surface area contributed by atoms with Crippen LogP contribution in [-0.4, -0.2) is 40.2 Å². The summed E-state index contributed by atoms with van der Waals surface area (Å²) in [5.74, 6) is -1.91. The lowest BCUT2D eigenvalue weighted by Gasteiger charge is -2.17. The van der Waals surface area contributed by atoms with Gasteiger partial charge < -0.3 is 15.0 Å². The van der Waals surface area contributed by atoms with Crippen LogP contribution >= 0.6 is 11.6 Å². The number of nitrogens with zero attached hydrogens (tertiary/aromatic N) is 1. The number of H-pyrrole nitrogens is 1. The van der Waals surface area contributed by atoms with Gasteiger partial charge in [-0.2, -0.15) is 0 Å². The third-order valence-corrected chi connectivity index (χ3v) is 4.52. The van der Waals surface area contributed by atoms with E-state index >= 15 is 0 Å². The van der Waals surface area contributed by atoms with E-state index in [1.165, 1.54) is 24.3 Å². The predicted octanol–water partition coefficient (Wildman–Crippen LogP) is 1.95. The summed E-state index contributed by atoms with van der Waals surface area (Å²) >= 11 is 6.06. The first-order chi connectivity index (χ1) is 12.5. The van der Waals surface area contributed by atoms with Crippen molar-refractivity contribution in [2.75, 3.05) is 6.61 Å². The third-order valence-electron chi connectivity index (χ3n) is 4.16. The molecule has 1 saturated heterocycles. The van der Waals surface area contributed by atoms with E-state index in [-0.39, 0.29) is 34.5 Å². The van der Waals surface area contributed by atoms with E-state index in [1.54, 1.807) is 0 Å². The van der Waals surface area contributed by atoms with Crippen molar-refractivity contribution < 1.29 is 23.5 Å². The number of halogens is 2. The minimum absolute atomic E-state index is 0.0427. The zero-order chi connectivity index (χ0) is 18.4. The van der Waals surface area contributed by atoms with E-state index < -0.39 is 29.4 Å². The Morgan fingerprint density at radius 3 is 2.58 bits per heavy atom. The van der Waals surface area contributed by atoms with E-state index in [4.69, 9.17) is 16.3 Å². The number of fused-ring (bicyclic) bond motifs is 1. The lowest BCUT2D eigenvalue weighted by molar-refractivity contribution is -0.139. The number of esters is 1. The summed E-state index contributed by atoms with van der Waals surface area (Å²) in [6.45, 7) is 0.228. The second-order valence-electron chi connectivity index (χ2n) is 5.82. The van der Waals surface area contributed by atoms with Crippen LogP contribution in [0.25, 0.3) is 11.4 Å². The SMILES string of the molecule is O=C1C(N[C@H]2CCOC2=O)=C(Cl)C(=O)c2[nH]c(-c3ccc(F)cc3)nc21. The summed E-state index contributed by atoms with van der Waals surface area (Å²) < 4.78 is 17.9. The van der Waals surface area contributed by atoms with Gasteiger partial charge in [-0.05, 0) is 24.3 Å². The molecular formula is C17H11ClFN3O4. The Morgan fingerprint density at radius 2 is 1.92 bits per heavy atom. The third kappa shape index (κ3) is 2.59. The molecule has 1 fully saturated rings. The number of carbonyl (C=O) groups is 3. The van der Waals surface area contributed by atoms with Crippen molar-refractivity contribution in [2.24, 2.45) is 0 Å². The quantitative estimate of drug-likeness (QED) is 0.795. The number of imidazole rings is 1. The number of hydrogen-bond donors (Lipinski definition) is 2. The molecule has 1 aromatic carbocycles. The van der Waals surface area contributed by atoms with E-state index in [0.29, 0.717) is 12.0 Å². The summed E-state index contributed by atoms with van der Waals surface area (Å²) in [5, 5.41) is 2.37. The van der Waals surface area contributed by atoms with Crippen LogP contribution in [0.1, 0.15) is 27.4 Å². The Morgan fingerprint density at radius 1 is 1.19 bits per heavy atom. The van der Waals surface area contributed by atoms with Gasteiger partial charge in [0.25, 0.3) is 0 Å². The molecule has 0 unspecified atom stereocenters. The summed E-state index contributed by atoms with van der Waals surface area (Å²) in [5.41, 5.74) is 0.183. The standard InChI is InChI=1S/C17H11ClFN3O4/c18-10-11(20-9-5-6-26-17(9)25)15(24)13-12(14(10)23)21-16(22-13)7-1-3-8(19)4-2-7/h1-4,9,20H,5-6H2,(H,21,22)/t9-/m0/s1. The molecule has 2 heterocycles. The molecule has 2 aliphatic rings. The zero-order valence-electron chi connectivity index (χ0n) is 13.1. The molecule has 1 aliphatic carbocycles. The molecule has 1 atom stereocenters. The van der Waals surface area contributed by atoms with Crippen LogP contribution in [0.3, 0.4) is 0 Å². The molecule has 0 radical (unpaired) electrons. The number of cyclic esters (lactones) is 1. The smallest absolute Gasteiger partial charge is 0.328 e. The number of rotatable bonds is 3. The lowest BCUT2D eigenvalue weighted by atomic mass is 10.0. The molecule has 4 rings (SSSR count). The van der Waals surface area contributed by atoms with Gasteiger partial charge in [0.15, 0.2) is 0 Å². The van der Waals surface area contributed by atoms with Crippen LogP contribution in [0.2, 0.25) is 0 Å². The Hall–Kier alpha value is -3.00. The van der Waals surface area contributed by atoms with Gasteiger partial charge in [-0.3, -0.25) is 9.59 Å². The topological polar surface area (TPSA) is 101 Å². The largest absolute Gasteiger partial charge is 0.464 e. The highest BCUT2D eigenvalue weighted by Gasteiger charge is 2.38.